The number of rotatable bonds is 4. The molecule has 7 heteroatoms. The molecule has 2 aliphatic rings. The van der Waals surface area contributed by atoms with Gasteiger partial charge < -0.3 is 15.0 Å². The summed E-state index contributed by atoms with van der Waals surface area (Å²) < 4.78 is 7.31. The van der Waals surface area contributed by atoms with E-state index < -0.39 is 0 Å². The third kappa shape index (κ3) is 4.02. The Kier molecular flexibility index (Phi) is 5.15. The lowest BCUT2D eigenvalue weighted by atomic mass is 10.0. The highest BCUT2D eigenvalue weighted by Gasteiger charge is 2.28. The van der Waals surface area contributed by atoms with Crippen LogP contribution in [0.25, 0.3) is 0 Å². The van der Waals surface area contributed by atoms with Crippen molar-refractivity contribution in [2.75, 3.05) is 19.7 Å². The van der Waals surface area contributed by atoms with E-state index in [0.717, 1.165) is 51.1 Å². The van der Waals surface area contributed by atoms with E-state index >= 15 is 0 Å². The molecule has 1 amide bonds. The molecule has 23 heavy (non-hydrogen) atoms. The first-order valence-electron chi connectivity index (χ1n) is 8.69. The smallest absolute Gasteiger partial charge is 0.409 e. The summed E-state index contributed by atoms with van der Waals surface area (Å²) in [4.78, 5) is 18.2. The zero-order chi connectivity index (χ0) is 16.2. The fraction of sp³-hybridized carbons (Fsp3) is 0.812. The normalized spacial score (nSPS) is 22.2. The summed E-state index contributed by atoms with van der Waals surface area (Å²) in [5, 5.41) is 7.97. The van der Waals surface area contributed by atoms with Crippen LogP contribution < -0.4 is 5.32 Å². The van der Waals surface area contributed by atoms with Gasteiger partial charge in [-0.25, -0.2) is 14.5 Å². The van der Waals surface area contributed by atoms with Gasteiger partial charge in [-0.3, -0.25) is 0 Å². The van der Waals surface area contributed by atoms with Crippen molar-refractivity contribution in [2.24, 2.45) is 5.92 Å². The van der Waals surface area contributed by atoms with Crippen LogP contribution in [0.3, 0.4) is 0 Å². The molecule has 1 unspecified atom stereocenters. The molecular weight excluding hydrogens is 294 g/mol. The number of nitrogens with zero attached hydrogens (tertiary/aromatic N) is 4. The van der Waals surface area contributed by atoms with Gasteiger partial charge in [-0.15, -0.1) is 0 Å². The molecule has 1 saturated heterocycles. The quantitative estimate of drug-likeness (QED) is 0.918. The Balaban J connectivity index is 1.46. The topological polar surface area (TPSA) is 72.3 Å². The predicted octanol–water partition coefficient (Wildman–Crippen LogP) is 1.96. The van der Waals surface area contributed by atoms with Crippen molar-refractivity contribution in [3.63, 3.8) is 0 Å². The number of carbonyl (C=O) groups is 1. The fourth-order valence-corrected chi connectivity index (χ4v) is 3.29. The molecule has 0 bridgehead atoms. The zero-order valence-electron chi connectivity index (χ0n) is 14.1. The third-order valence-electron chi connectivity index (χ3n) is 4.55. The monoisotopic (exact) mass is 321 g/mol. The average Bonchev–Trinajstić information content (AvgIpc) is 3.03. The Morgan fingerprint density at radius 1 is 1.35 bits per heavy atom. The molecule has 128 valence electrons. The number of hydrogen-bond donors (Lipinski definition) is 1. The van der Waals surface area contributed by atoms with E-state index in [9.17, 15) is 4.79 Å². The van der Waals surface area contributed by atoms with Gasteiger partial charge in [-0.2, -0.15) is 5.10 Å². The van der Waals surface area contributed by atoms with Gasteiger partial charge in [-0.1, -0.05) is 13.8 Å². The summed E-state index contributed by atoms with van der Waals surface area (Å²) in [6.45, 7) is 7.07. The highest BCUT2D eigenvalue weighted by atomic mass is 16.6. The van der Waals surface area contributed by atoms with Gasteiger partial charge in [0.2, 0.25) is 0 Å². The van der Waals surface area contributed by atoms with E-state index in [2.05, 4.69) is 15.4 Å². The second kappa shape index (κ2) is 7.29. The van der Waals surface area contributed by atoms with E-state index in [1.165, 1.54) is 0 Å². The number of aryl methyl sites for hydroxylation is 1. The molecule has 1 N–H and O–H groups in total. The Morgan fingerprint density at radius 3 is 2.87 bits per heavy atom. The van der Waals surface area contributed by atoms with Crippen LogP contribution in [0, 0.1) is 5.92 Å². The second-order valence-corrected chi connectivity index (χ2v) is 6.93. The Morgan fingerprint density at radius 2 is 2.13 bits per heavy atom. The summed E-state index contributed by atoms with van der Waals surface area (Å²) in [5.41, 5.74) is 0. The molecule has 0 aromatic carbocycles. The van der Waals surface area contributed by atoms with Crippen molar-refractivity contribution >= 4 is 6.09 Å². The third-order valence-corrected chi connectivity index (χ3v) is 4.55. The molecule has 1 aromatic rings. The number of likely N-dealkylation sites (tertiary alicyclic amines) is 1. The van der Waals surface area contributed by atoms with Gasteiger partial charge in [-0.05, 0) is 31.6 Å². The number of fused-ring (bicyclic) bond motifs is 1. The summed E-state index contributed by atoms with van der Waals surface area (Å²) in [6, 6.07) is 0.716. The van der Waals surface area contributed by atoms with Crippen molar-refractivity contribution in [1.29, 1.82) is 0 Å². The van der Waals surface area contributed by atoms with E-state index in [4.69, 9.17) is 4.74 Å². The number of piperidine rings is 1. The highest BCUT2D eigenvalue weighted by molar-refractivity contribution is 5.67. The number of ether oxygens (including phenoxy) is 1. The zero-order valence-corrected chi connectivity index (χ0v) is 14.1. The summed E-state index contributed by atoms with van der Waals surface area (Å²) in [5.74, 6) is 1.43. The molecule has 1 aromatic heterocycles. The Bertz CT molecular complexity index is 522. The van der Waals surface area contributed by atoms with Gasteiger partial charge in [0.1, 0.15) is 12.2 Å². The van der Waals surface area contributed by atoms with E-state index in [-0.39, 0.29) is 12.1 Å². The second-order valence-electron chi connectivity index (χ2n) is 6.93. The largest absolute Gasteiger partial charge is 0.449 e. The van der Waals surface area contributed by atoms with Gasteiger partial charge in [0.25, 0.3) is 0 Å². The van der Waals surface area contributed by atoms with Crippen LogP contribution in [0.15, 0.2) is 6.33 Å². The first kappa shape index (κ1) is 16.2. The van der Waals surface area contributed by atoms with Gasteiger partial charge in [0, 0.05) is 25.7 Å². The fourth-order valence-electron chi connectivity index (χ4n) is 3.29. The van der Waals surface area contributed by atoms with Crippen molar-refractivity contribution in [3.8, 4) is 0 Å². The van der Waals surface area contributed by atoms with Gasteiger partial charge in [0.05, 0.1) is 12.6 Å². The molecule has 0 spiro atoms. The van der Waals surface area contributed by atoms with Crippen LogP contribution in [-0.4, -0.2) is 51.5 Å². The molecule has 3 heterocycles. The molecular formula is C16H27N5O2. The maximum absolute atomic E-state index is 12.0. The molecule has 1 atom stereocenters. The van der Waals surface area contributed by atoms with E-state index in [1.807, 2.05) is 23.4 Å². The minimum absolute atomic E-state index is 0.172. The minimum Gasteiger partial charge on any atom is -0.449 e. The van der Waals surface area contributed by atoms with Gasteiger partial charge >= 0.3 is 6.09 Å². The lowest BCUT2D eigenvalue weighted by Gasteiger charge is -2.34. The summed E-state index contributed by atoms with van der Waals surface area (Å²) >= 11 is 0. The van der Waals surface area contributed by atoms with Crippen LogP contribution in [0.1, 0.15) is 51.4 Å². The lowest BCUT2D eigenvalue weighted by molar-refractivity contribution is 0.0806. The van der Waals surface area contributed by atoms with Crippen molar-refractivity contribution in [1.82, 2.24) is 25.0 Å². The number of hydrogen-bond acceptors (Lipinski definition) is 5. The molecule has 0 aliphatic carbocycles. The van der Waals surface area contributed by atoms with Crippen LogP contribution in [0.5, 0.6) is 0 Å². The Labute approximate surface area is 137 Å². The maximum atomic E-state index is 12.0. The number of nitrogens with one attached hydrogen (secondary N) is 1. The average molecular weight is 321 g/mol. The van der Waals surface area contributed by atoms with Crippen LogP contribution in [0.2, 0.25) is 0 Å². The molecule has 0 saturated carbocycles. The first-order valence-corrected chi connectivity index (χ1v) is 8.69. The first-order chi connectivity index (χ1) is 11.1. The molecule has 3 rings (SSSR count). The number of amides is 1. The van der Waals surface area contributed by atoms with Crippen molar-refractivity contribution in [3.05, 3.63) is 12.2 Å². The van der Waals surface area contributed by atoms with E-state index in [0.29, 0.717) is 18.6 Å². The Hall–Kier alpha value is -1.63. The summed E-state index contributed by atoms with van der Waals surface area (Å²) in [6.07, 6.45) is 5.63. The van der Waals surface area contributed by atoms with E-state index in [1.54, 1.807) is 6.33 Å². The van der Waals surface area contributed by atoms with Crippen LogP contribution in [-0.2, 0) is 11.3 Å². The van der Waals surface area contributed by atoms with Crippen molar-refractivity contribution in [2.45, 2.75) is 58.2 Å². The molecule has 2 aliphatic heterocycles. The predicted molar refractivity (Wildman–Crippen MR) is 85.9 cm³/mol. The minimum atomic E-state index is -0.172. The van der Waals surface area contributed by atoms with Gasteiger partial charge in [0.15, 0.2) is 0 Å². The summed E-state index contributed by atoms with van der Waals surface area (Å²) in [7, 11) is 0. The molecule has 7 nitrogen and oxygen atoms in total. The highest BCUT2D eigenvalue weighted by Crippen LogP contribution is 2.24. The van der Waals surface area contributed by atoms with Crippen LogP contribution >= 0.6 is 0 Å². The standard InChI is InChI=1S/C16H27N5O2/c1-12(2)10-23-16(22)20-8-5-13(6-9-20)19-14-4-3-7-21-15(14)17-11-18-21/h11-14,19H,3-10H2,1-2H3. The number of carbonyl (C=O) groups excluding carboxylic acids is 1. The molecule has 0 radical (unpaired) electrons. The SMILES string of the molecule is CC(C)COC(=O)N1CCC(NC2CCCn3ncnc32)CC1. The number of aromatic nitrogens is 3. The maximum Gasteiger partial charge on any atom is 0.409 e. The van der Waals surface area contributed by atoms with Crippen LogP contribution in [0.4, 0.5) is 4.79 Å². The van der Waals surface area contributed by atoms with Crippen molar-refractivity contribution < 1.29 is 9.53 Å². The molecule has 1 fully saturated rings. The lowest BCUT2D eigenvalue weighted by Crippen LogP contribution is -2.46.